The standard InChI is InChI=1S/C15H20N2OS/c1-9(2)12-8-19-15(16-12)17-10(3)7-11-13(17)5-4-6-14(11)18/h7-9,14,18H,4-6H2,1-3H3. The van der Waals surface area contributed by atoms with Gasteiger partial charge in [0.05, 0.1) is 11.8 Å². The summed E-state index contributed by atoms with van der Waals surface area (Å²) >= 11 is 1.69. The Morgan fingerprint density at radius 1 is 1.47 bits per heavy atom. The largest absolute Gasteiger partial charge is 0.388 e. The molecule has 1 atom stereocenters. The van der Waals surface area contributed by atoms with Gasteiger partial charge in [-0.05, 0) is 38.2 Å². The van der Waals surface area contributed by atoms with Crippen LogP contribution in [0.1, 0.15) is 61.4 Å². The van der Waals surface area contributed by atoms with Gasteiger partial charge in [-0.3, -0.25) is 4.57 Å². The number of aliphatic hydroxyl groups excluding tert-OH is 1. The van der Waals surface area contributed by atoms with Gasteiger partial charge in [-0.25, -0.2) is 4.98 Å². The Kier molecular flexibility index (Phi) is 3.23. The molecule has 0 fully saturated rings. The molecule has 4 heteroatoms. The molecule has 19 heavy (non-hydrogen) atoms. The molecular formula is C15H20N2OS. The molecule has 0 bridgehead atoms. The summed E-state index contributed by atoms with van der Waals surface area (Å²) in [5, 5.41) is 13.3. The average molecular weight is 276 g/mol. The lowest BCUT2D eigenvalue weighted by atomic mass is 9.95. The molecule has 0 amide bonds. The van der Waals surface area contributed by atoms with Crippen LogP contribution in [-0.2, 0) is 6.42 Å². The lowest BCUT2D eigenvalue weighted by Crippen LogP contribution is -2.11. The van der Waals surface area contributed by atoms with Crippen LogP contribution in [0.2, 0.25) is 0 Å². The molecule has 2 heterocycles. The van der Waals surface area contributed by atoms with Crippen LogP contribution in [0.4, 0.5) is 0 Å². The molecule has 2 aromatic rings. The van der Waals surface area contributed by atoms with E-state index in [4.69, 9.17) is 4.98 Å². The lowest BCUT2D eigenvalue weighted by Gasteiger charge is -2.19. The van der Waals surface area contributed by atoms with E-state index in [-0.39, 0.29) is 6.10 Å². The van der Waals surface area contributed by atoms with Crippen molar-refractivity contribution < 1.29 is 5.11 Å². The second kappa shape index (κ2) is 4.76. The van der Waals surface area contributed by atoms with Crippen LogP contribution in [0.25, 0.3) is 5.13 Å². The highest BCUT2D eigenvalue weighted by atomic mass is 32.1. The minimum absolute atomic E-state index is 0.298. The first-order valence-corrected chi connectivity index (χ1v) is 7.81. The first kappa shape index (κ1) is 12.9. The monoisotopic (exact) mass is 276 g/mol. The fraction of sp³-hybridized carbons (Fsp3) is 0.533. The Hall–Kier alpha value is -1.13. The third-order valence-electron chi connectivity index (χ3n) is 3.86. The van der Waals surface area contributed by atoms with Crippen LogP contribution in [0.15, 0.2) is 11.4 Å². The zero-order chi connectivity index (χ0) is 13.6. The Morgan fingerprint density at radius 3 is 2.95 bits per heavy atom. The van der Waals surface area contributed by atoms with Crippen molar-refractivity contribution in [2.75, 3.05) is 0 Å². The Labute approximate surface area is 117 Å². The topological polar surface area (TPSA) is 38.0 Å². The number of hydrogen-bond donors (Lipinski definition) is 1. The maximum Gasteiger partial charge on any atom is 0.194 e. The number of rotatable bonds is 2. The Balaban J connectivity index is 2.09. The van der Waals surface area contributed by atoms with Gasteiger partial charge in [-0.15, -0.1) is 11.3 Å². The summed E-state index contributed by atoms with van der Waals surface area (Å²) in [6, 6.07) is 2.12. The molecule has 0 saturated carbocycles. The summed E-state index contributed by atoms with van der Waals surface area (Å²) in [7, 11) is 0. The first-order chi connectivity index (χ1) is 9.08. The van der Waals surface area contributed by atoms with Gasteiger partial charge < -0.3 is 5.11 Å². The maximum atomic E-state index is 10.1. The molecular weight excluding hydrogens is 256 g/mol. The van der Waals surface area contributed by atoms with Crippen molar-refractivity contribution in [3.8, 4) is 5.13 Å². The summed E-state index contributed by atoms with van der Waals surface area (Å²) in [5.74, 6) is 0.460. The zero-order valence-corrected chi connectivity index (χ0v) is 12.5. The van der Waals surface area contributed by atoms with Crippen LogP contribution in [-0.4, -0.2) is 14.7 Å². The summed E-state index contributed by atoms with van der Waals surface area (Å²) in [6.07, 6.45) is 2.68. The van der Waals surface area contributed by atoms with Crippen molar-refractivity contribution in [1.29, 1.82) is 0 Å². The van der Waals surface area contributed by atoms with Gasteiger partial charge in [-0.2, -0.15) is 0 Å². The second-order valence-corrected chi connectivity index (χ2v) is 6.48. The Bertz CT molecular complexity index is 597. The van der Waals surface area contributed by atoms with Crippen LogP contribution in [0.5, 0.6) is 0 Å². The molecule has 0 radical (unpaired) electrons. The van der Waals surface area contributed by atoms with Crippen molar-refractivity contribution in [3.63, 3.8) is 0 Å². The van der Waals surface area contributed by atoms with Gasteiger partial charge in [0.2, 0.25) is 0 Å². The number of nitrogens with zero attached hydrogens (tertiary/aromatic N) is 2. The average Bonchev–Trinajstić information content (AvgIpc) is 2.93. The van der Waals surface area contributed by atoms with E-state index in [0.717, 1.165) is 35.7 Å². The van der Waals surface area contributed by atoms with E-state index < -0.39 is 0 Å². The fourth-order valence-electron chi connectivity index (χ4n) is 2.79. The molecule has 0 aromatic carbocycles. The van der Waals surface area contributed by atoms with Crippen molar-refractivity contribution in [2.45, 2.75) is 52.1 Å². The highest BCUT2D eigenvalue weighted by molar-refractivity contribution is 7.12. The van der Waals surface area contributed by atoms with E-state index in [1.807, 2.05) is 0 Å². The number of aliphatic hydroxyl groups is 1. The van der Waals surface area contributed by atoms with Gasteiger partial charge in [0.15, 0.2) is 5.13 Å². The molecule has 3 rings (SSSR count). The van der Waals surface area contributed by atoms with E-state index in [2.05, 4.69) is 36.8 Å². The van der Waals surface area contributed by atoms with E-state index in [0.29, 0.717) is 5.92 Å². The van der Waals surface area contributed by atoms with E-state index in [9.17, 15) is 5.11 Å². The van der Waals surface area contributed by atoms with Crippen LogP contribution in [0, 0.1) is 6.92 Å². The van der Waals surface area contributed by atoms with Crippen LogP contribution >= 0.6 is 11.3 Å². The van der Waals surface area contributed by atoms with E-state index in [1.165, 1.54) is 11.4 Å². The number of thiazole rings is 1. The van der Waals surface area contributed by atoms with Crippen molar-refractivity contribution in [2.24, 2.45) is 0 Å². The number of aromatic nitrogens is 2. The van der Waals surface area contributed by atoms with Crippen molar-refractivity contribution in [1.82, 2.24) is 9.55 Å². The fourth-order valence-corrected chi connectivity index (χ4v) is 3.86. The van der Waals surface area contributed by atoms with Gasteiger partial charge in [0, 0.05) is 22.3 Å². The molecule has 3 nitrogen and oxygen atoms in total. The summed E-state index contributed by atoms with van der Waals surface area (Å²) in [4.78, 5) is 4.75. The van der Waals surface area contributed by atoms with E-state index >= 15 is 0 Å². The van der Waals surface area contributed by atoms with Gasteiger partial charge in [0.25, 0.3) is 0 Å². The molecule has 1 aliphatic carbocycles. The lowest BCUT2D eigenvalue weighted by molar-refractivity contribution is 0.156. The van der Waals surface area contributed by atoms with Crippen LogP contribution in [0.3, 0.4) is 0 Å². The molecule has 0 spiro atoms. The highest BCUT2D eigenvalue weighted by Crippen LogP contribution is 2.35. The number of fused-ring (bicyclic) bond motifs is 1. The molecule has 1 aliphatic rings. The smallest absolute Gasteiger partial charge is 0.194 e. The van der Waals surface area contributed by atoms with Gasteiger partial charge >= 0.3 is 0 Å². The van der Waals surface area contributed by atoms with Gasteiger partial charge in [0.1, 0.15) is 0 Å². The molecule has 1 N–H and O–H groups in total. The SMILES string of the molecule is Cc1cc2c(n1-c1nc(C(C)C)cs1)CCCC2O. The van der Waals surface area contributed by atoms with Crippen molar-refractivity contribution >= 4 is 11.3 Å². The molecule has 2 aromatic heterocycles. The minimum Gasteiger partial charge on any atom is -0.388 e. The number of aryl methyl sites for hydroxylation is 1. The third-order valence-corrected chi connectivity index (χ3v) is 4.71. The molecule has 0 saturated heterocycles. The predicted octanol–water partition coefficient (Wildman–Crippen LogP) is 3.74. The normalized spacial score (nSPS) is 18.9. The summed E-state index contributed by atoms with van der Waals surface area (Å²) in [5.41, 5.74) is 4.68. The second-order valence-electron chi connectivity index (χ2n) is 5.64. The van der Waals surface area contributed by atoms with Crippen molar-refractivity contribution in [3.05, 3.63) is 34.1 Å². The number of hydrogen-bond acceptors (Lipinski definition) is 3. The first-order valence-electron chi connectivity index (χ1n) is 6.93. The minimum atomic E-state index is -0.298. The molecule has 1 unspecified atom stereocenters. The molecule has 102 valence electrons. The zero-order valence-electron chi connectivity index (χ0n) is 11.7. The quantitative estimate of drug-likeness (QED) is 0.907. The Morgan fingerprint density at radius 2 is 2.26 bits per heavy atom. The molecule has 0 aliphatic heterocycles. The van der Waals surface area contributed by atoms with Crippen LogP contribution < -0.4 is 0 Å². The third kappa shape index (κ3) is 2.13. The van der Waals surface area contributed by atoms with Gasteiger partial charge in [-0.1, -0.05) is 13.8 Å². The summed E-state index contributed by atoms with van der Waals surface area (Å²) < 4.78 is 2.23. The highest BCUT2D eigenvalue weighted by Gasteiger charge is 2.24. The maximum absolute atomic E-state index is 10.1. The van der Waals surface area contributed by atoms with E-state index in [1.54, 1.807) is 11.3 Å². The summed E-state index contributed by atoms with van der Waals surface area (Å²) in [6.45, 7) is 6.43. The predicted molar refractivity (Wildman–Crippen MR) is 78.2 cm³/mol.